The van der Waals surface area contributed by atoms with Crippen molar-refractivity contribution in [2.45, 2.75) is 13.0 Å². The van der Waals surface area contributed by atoms with Gasteiger partial charge in [-0.3, -0.25) is 0 Å². The molecule has 0 bridgehead atoms. The number of aryl methyl sites for hydroxylation is 1. The maximum atomic E-state index is 10.2. The number of aliphatic hydroxyl groups excluding tert-OH is 1. The largest absolute Gasteiger partial charge is 0.454 e. The number of benzene rings is 2. The van der Waals surface area contributed by atoms with Gasteiger partial charge in [0.2, 0.25) is 6.79 Å². The van der Waals surface area contributed by atoms with Gasteiger partial charge in [0.05, 0.1) is 6.10 Å². The second-order valence-electron chi connectivity index (χ2n) is 4.82. The summed E-state index contributed by atoms with van der Waals surface area (Å²) in [6, 6.07) is 13.5. The van der Waals surface area contributed by atoms with Crippen LogP contribution in [-0.2, 0) is 0 Å². The summed E-state index contributed by atoms with van der Waals surface area (Å²) in [5.74, 6) is 1.50. The zero-order valence-electron chi connectivity index (χ0n) is 11.3. The molecule has 1 aliphatic heterocycles. The van der Waals surface area contributed by atoms with Crippen LogP contribution in [-0.4, -0.2) is 18.4 Å². The number of aliphatic hydroxyl groups is 1. The van der Waals surface area contributed by atoms with Gasteiger partial charge < -0.3 is 19.9 Å². The van der Waals surface area contributed by atoms with Crippen molar-refractivity contribution < 1.29 is 14.6 Å². The monoisotopic (exact) mass is 271 g/mol. The first-order valence-electron chi connectivity index (χ1n) is 6.61. The Labute approximate surface area is 118 Å². The zero-order chi connectivity index (χ0) is 13.9. The van der Waals surface area contributed by atoms with Gasteiger partial charge in [0, 0.05) is 18.3 Å². The number of fused-ring (bicyclic) bond motifs is 1. The number of rotatable bonds is 4. The molecule has 4 heteroatoms. The summed E-state index contributed by atoms with van der Waals surface area (Å²) < 4.78 is 10.6. The summed E-state index contributed by atoms with van der Waals surface area (Å²) in [6.45, 7) is 2.72. The average Bonchev–Trinajstić information content (AvgIpc) is 2.92. The summed E-state index contributed by atoms with van der Waals surface area (Å²) in [7, 11) is 0. The van der Waals surface area contributed by atoms with Crippen molar-refractivity contribution in [3.05, 3.63) is 53.6 Å². The smallest absolute Gasteiger partial charge is 0.231 e. The van der Waals surface area contributed by atoms with E-state index in [-0.39, 0.29) is 6.79 Å². The number of hydrogen-bond acceptors (Lipinski definition) is 4. The summed E-state index contributed by atoms with van der Waals surface area (Å²) in [5, 5.41) is 13.5. The third kappa shape index (κ3) is 2.56. The molecule has 1 atom stereocenters. The predicted octanol–water partition coefficient (Wildman–Crippen LogP) is 2.87. The molecule has 2 aromatic carbocycles. The lowest BCUT2D eigenvalue weighted by Gasteiger charge is -2.15. The molecule has 20 heavy (non-hydrogen) atoms. The SMILES string of the molecule is Cc1ccccc1C(O)CNc1ccc2c(c1)OCO2. The van der Waals surface area contributed by atoms with Gasteiger partial charge in [-0.05, 0) is 30.2 Å². The molecule has 2 aromatic rings. The molecule has 104 valence electrons. The molecule has 0 spiro atoms. The van der Waals surface area contributed by atoms with E-state index in [9.17, 15) is 5.11 Å². The highest BCUT2D eigenvalue weighted by Crippen LogP contribution is 2.34. The summed E-state index contributed by atoms with van der Waals surface area (Å²) in [4.78, 5) is 0. The molecule has 0 aliphatic carbocycles. The van der Waals surface area contributed by atoms with Crippen LogP contribution in [0.5, 0.6) is 11.5 Å². The third-order valence-corrected chi connectivity index (χ3v) is 3.42. The predicted molar refractivity (Wildman–Crippen MR) is 77.2 cm³/mol. The molecule has 0 fully saturated rings. The fourth-order valence-electron chi connectivity index (χ4n) is 2.29. The molecular weight excluding hydrogens is 254 g/mol. The van der Waals surface area contributed by atoms with Crippen LogP contribution in [0, 0.1) is 6.92 Å². The Balaban J connectivity index is 1.66. The molecule has 0 aromatic heterocycles. The van der Waals surface area contributed by atoms with Crippen molar-refractivity contribution >= 4 is 5.69 Å². The van der Waals surface area contributed by atoms with Gasteiger partial charge in [0.1, 0.15) is 0 Å². The van der Waals surface area contributed by atoms with E-state index in [4.69, 9.17) is 9.47 Å². The quantitative estimate of drug-likeness (QED) is 0.897. The maximum Gasteiger partial charge on any atom is 0.231 e. The van der Waals surface area contributed by atoms with Crippen LogP contribution in [0.15, 0.2) is 42.5 Å². The standard InChI is InChI=1S/C16H17NO3/c1-11-4-2-3-5-13(11)14(18)9-17-12-6-7-15-16(8-12)20-10-19-15/h2-8,14,17-18H,9-10H2,1H3. The van der Waals surface area contributed by atoms with Crippen molar-refractivity contribution in [3.8, 4) is 11.5 Å². The van der Waals surface area contributed by atoms with Crippen LogP contribution >= 0.6 is 0 Å². The summed E-state index contributed by atoms with van der Waals surface area (Å²) >= 11 is 0. The molecule has 1 unspecified atom stereocenters. The molecule has 1 heterocycles. The summed E-state index contributed by atoms with van der Waals surface area (Å²) in [5.41, 5.74) is 2.94. The first kappa shape index (κ1) is 12.8. The van der Waals surface area contributed by atoms with Gasteiger partial charge in [-0.25, -0.2) is 0 Å². The van der Waals surface area contributed by atoms with E-state index in [1.807, 2.05) is 49.4 Å². The van der Waals surface area contributed by atoms with Gasteiger partial charge in [-0.15, -0.1) is 0 Å². The lowest BCUT2D eigenvalue weighted by atomic mass is 10.0. The maximum absolute atomic E-state index is 10.2. The van der Waals surface area contributed by atoms with Gasteiger partial charge in [0.15, 0.2) is 11.5 Å². The molecule has 2 N–H and O–H groups in total. The number of nitrogens with one attached hydrogen (secondary N) is 1. The fourth-order valence-corrected chi connectivity index (χ4v) is 2.29. The normalized spacial score (nSPS) is 14.1. The lowest BCUT2D eigenvalue weighted by molar-refractivity contribution is 0.174. The molecule has 3 rings (SSSR count). The third-order valence-electron chi connectivity index (χ3n) is 3.42. The minimum absolute atomic E-state index is 0.268. The fraction of sp³-hybridized carbons (Fsp3) is 0.250. The highest BCUT2D eigenvalue weighted by molar-refractivity contribution is 5.55. The molecule has 0 saturated carbocycles. The first-order valence-corrected chi connectivity index (χ1v) is 6.61. The van der Waals surface area contributed by atoms with E-state index in [0.717, 1.165) is 28.3 Å². The van der Waals surface area contributed by atoms with E-state index in [1.165, 1.54) is 0 Å². The van der Waals surface area contributed by atoms with Crippen LogP contribution in [0.4, 0.5) is 5.69 Å². The van der Waals surface area contributed by atoms with E-state index < -0.39 is 6.10 Å². The minimum Gasteiger partial charge on any atom is -0.454 e. The van der Waals surface area contributed by atoms with Crippen molar-refractivity contribution in [3.63, 3.8) is 0 Å². The van der Waals surface area contributed by atoms with E-state index in [0.29, 0.717) is 6.54 Å². The van der Waals surface area contributed by atoms with Crippen LogP contribution < -0.4 is 14.8 Å². The Morgan fingerprint density at radius 1 is 1.15 bits per heavy atom. The molecule has 0 amide bonds. The van der Waals surface area contributed by atoms with Crippen molar-refractivity contribution in [1.82, 2.24) is 0 Å². The van der Waals surface area contributed by atoms with Crippen LogP contribution in [0.1, 0.15) is 17.2 Å². The van der Waals surface area contributed by atoms with Gasteiger partial charge in [0.25, 0.3) is 0 Å². The Morgan fingerprint density at radius 3 is 2.80 bits per heavy atom. The van der Waals surface area contributed by atoms with Gasteiger partial charge >= 0.3 is 0 Å². The van der Waals surface area contributed by atoms with Gasteiger partial charge in [-0.1, -0.05) is 24.3 Å². The molecule has 4 nitrogen and oxygen atoms in total. The van der Waals surface area contributed by atoms with Crippen molar-refractivity contribution in [2.24, 2.45) is 0 Å². The molecule has 1 aliphatic rings. The molecular formula is C16H17NO3. The van der Waals surface area contributed by atoms with E-state index >= 15 is 0 Å². The van der Waals surface area contributed by atoms with Gasteiger partial charge in [-0.2, -0.15) is 0 Å². The average molecular weight is 271 g/mol. The second kappa shape index (κ2) is 5.43. The van der Waals surface area contributed by atoms with Crippen molar-refractivity contribution in [1.29, 1.82) is 0 Å². The number of anilines is 1. The van der Waals surface area contributed by atoms with Crippen molar-refractivity contribution in [2.75, 3.05) is 18.7 Å². The number of ether oxygens (including phenoxy) is 2. The highest BCUT2D eigenvalue weighted by Gasteiger charge is 2.14. The molecule has 0 radical (unpaired) electrons. The van der Waals surface area contributed by atoms with Crippen LogP contribution in [0.3, 0.4) is 0 Å². The Hall–Kier alpha value is -2.20. The minimum atomic E-state index is -0.540. The summed E-state index contributed by atoms with van der Waals surface area (Å²) in [6.07, 6.45) is -0.540. The number of hydrogen-bond donors (Lipinski definition) is 2. The zero-order valence-corrected chi connectivity index (χ0v) is 11.3. The lowest BCUT2D eigenvalue weighted by Crippen LogP contribution is -2.13. The highest BCUT2D eigenvalue weighted by atomic mass is 16.7. The topological polar surface area (TPSA) is 50.7 Å². The van der Waals surface area contributed by atoms with Crippen LogP contribution in [0.25, 0.3) is 0 Å². The Morgan fingerprint density at radius 2 is 1.95 bits per heavy atom. The first-order chi connectivity index (χ1) is 9.74. The van der Waals surface area contributed by atoms with Crippen LogP contribution in [0.2, 0.25) is 0 Å². The second-order valence-corrected chi connectivity index (χ2v) is 4.82. The Bertz CT molecular complexity index is 612. The Kier molecular flexibility index (Phi) is 3.48. The van der Waals surface area contributed by atoms with E-state index in [1.54, 1.807) is 0 Å². The molecule has 0 saturated heterocycles. The van der Waals surface area contributed by atoms with E-state index in [2.05, 4.69) is 5.32 Å².